The molecule has 2 atom stereocenters. The van der Waals surface area contributed by atoms with Crippen LogP contribution in [0.3, 0.4) is 0 Å². The third-order valence-corrected chi connectivity index (χ3v) is 1.80. The van der Waals surface area contributed by atoms with Crippen LogP contribution in [-0.2, 0) is 0 Å². The monoisotopic (exact) mass is 204 g/mol. The van der Waals surface area contributed by atoms with Crippen LogP contribution in [0.1, 0.15) is 33.6 Å². The Morgan fingerprint density at radius 1 is 1.50 bits per heavy atom. The van der Waals surface area contributed by atoms with Crippen molar-refractivity contribution in [3.05, 3.63) is 12.2 Å². The van der Waals surface area contributed by atoms with Gasteiger partial charge in [0.1, 0.15) is 0 Å². The van der Waals surface area contributed by atoms with Crippen LogP contribution in [0.5, 0.6) is 0 Å². The molecule has 1 heteroatoms. The van der Waals surface area contributed by atoms with Crippen molar-refractivity contribution in [3.8, 4) is 0 Å². The Labute approximate surface area is 72.8 Å². The normalized spacial score (nSPS) is 16.4. The summed E-state index contributed by atoms with van der Waals surface area (Å²) in [5.74, 6) is 0.770. The second-order valence-electron chi connectivity index (χ2n) is 3.28. The molecule has 0 radical (unpaired) electrons. The number of hydrogen-bond acceptors (Lipinski definition) is 0. The van der Waals surface area contributed by atoms with Crippen molar-refractivity contribution in [2.45, 2.75) is 38.4 Å². The zero-order valence-corrected chi connectivity index (χ0v) is 8.74. The highest BCUT2D eigenvalue weighted by atomic mass is 79.9. The summed E-state index contributed by atoms with van der Waals surface area (Å²) in [6.45, 7) is 10.4. The van der Waals surface area contributed by atoms with E-state index in [2.05, 4.69) is 43.3 Å². The van der Waals surface area contributed by atoms with Gasteiger partial charge in [0.15, 0.2) is 0 Å². The minimum Gasteiger partial charge on any atom is -0.100 e. The average molecular weight is 205 g/mol. The summed E-state index contributed by atoms with van der Waals surface area (Å²) in [4.78, 5) is 0.641. The van der Waals surface area contributed by atoms with Crippen molar-refractivity contribution in [1.82, 2.24) is 0 Å². The van der Waals surface area contributed by atoms with E-state index in [1.54, 1.807) is 0 Å². The van der Waals surface area contributed by atoms with Crippen LogP contribution in [-0.4, -0.2) is 4.83 Å². The molecule has 0 aromatic carbocycles. The Morgan fingerprint density at radius 3 is 2.30 bits per heavy atom. The quantitative estimate of drug-likeness (QED) is 0.484. The fourth-order valence-electron chi connectivity index (χ4n) is 1.23. The minimum atomic E-state index is 0.641. The van der Waals surface area contributed by atoms with Crippen LogP contribution >= 0.6 is 15.9 Å². The first kappa shape index (κ1) is 10.2. The maximum Gasteiger partial charge on any atom is 0.0120 e. The fourth-order valence-corrected chi connectivity index (χ4v) is 1.87. The molecule has 0 rings (SSSR count). The first-order chi connectivity index (χ1) is 4.52. The van der Waals surface area contributed by atoms with Crippen molar-refractivity contribution >= 4 is 15.9 Å². The second-order valence-corrected chi connectivity index (χ2v) is 4.85. The summed E-state index contributed by atoms with van der Waals surface area (Å²) in [7, 11) is 0. The van der Waals surface area contributed by atoms with Gasteiger partial charge in [0.05, 0.1) is 0 Å². The summed E-state index contributed by atoms with van der Waals surface area (Å²) in [6, 6.07) is 0. The van der Waals surface area contributed by atoms with Gasteiger partial charge in [-0.05, 0) is 25.7 Å². The summed E-state index contributed by atoms with van der Waals surface area (Å²) in [5, 5.41) is 0. The van der Waals surface area contributed by atoms with Gasteiger partial charge in [0.25, 0.3) is 0 Å². The Hall–Kier alpha value is 0.220. The average Bonchev–Trinajstić information content (AvgIpc) is 1.58. The van der Waals surface area contributed by atoms with Gasteiger partial charge in [-0.25, -0.2) is 0 Å². The van der Waals surface area contributed by atoms with Crippen LogP contribution < -0.4 is 0 Å². The summed E-state index contributed by atoms with van der Waals surface area (Å²) in [6.07, 6.45) is 2.41. The molecule has 0 fully saturated rings. The molecule has 2 unspecified atom stereocenters. The lowest BCUT2D eigenvalue weighted by atomic mass is 9.99. The standard InChI is InChI=1S/C9H17Br/c1-7(2)5-8(3)6-9(4)10/h8-9H,1,5-6H2,2-4H3. The van der Waals surface area contributed by atoms with Crippen molar-refractivity contribution in [2.24, 2.45) is 5.92 Å². The van der Waals surface area contributed by atoms with Gasteiger partial charge in [0, 0.05) is 4.83 Å². The summed E-state index contributed by atoms with van der Waals surface area (Å²) < 4.78 is 0. The van der Waals surface area contributed by atoms with E-state index in [4.69, 9.17) is 0 Å². The zero-order valence-electron chi connectivity index (χ0n) is 7.15. The first-order valence-corrected chi connectivity index (χ1v) is 4.72. The number of halogens is 1. The maximum absolute atomic E-state index is 3.89. The molecule has 0 heterocycles. The molecule has 0 aliphatic carbocycles. The van der Waals surface area contributed by atoms with Crippen LogP contribution in [0, 0.1) is 5.92 Å². The van der Waals surface area contributed by atoms with Gasteiger partial charge in [-0.1, -0.05) is 35.4 Å². The summed E-state index contributed by atoms with van der Waals surface area (Å²) >= 11 is 3.54. The van der Waals surface area contributed by atoms with Crippen molar-refractivity contribution in [1.29, 1.82) is 0 Å². The number of allylic oxidation sites excluding steroid dienone is 1. The molecular weight excluding hydrogens is 188 g/mol. The smallest absolute Gasteiger partial charge is 0.0120 e. The highest BCUT2D eigenvalue weighted by Crippen LogP contribution is 2.18. The minimum absolute atomic E-state index is 0.641. The van der Waals surface area contributed by atoms with Crippen molar-refractivity contribution in [3.63, 3.8) is 0 Å². The molecule has 0 saturated carbocycles. The molecule has 0 N–H and O–H groups in total. The van der Waals surface area contributed by atoms with Crippen LogP contribution in [0.25, 0.3) is 0 Å². The third-order valence-electron chi connectivity index (χ3n) is 1.42. The van der Waals surface area contributed by atoms with Crippen LogP contribution in [0.4, 0.5) is 0 Å². The van der Waals surface area contributed by atoms with Gasteiger partial charge in [-0.15, -0.1) is 6.58 Å². The Kier molecular flexibility index (Phi) is 5.06. The first-order valence-electron chi connectivity index (χ1n) is 3.80. The van der Waals surface area contributed by atoms with Gasteiger partial charge in [-0.3, -0.25) is 0 Å². The van der Waals surface area contributed by atoms with Gasteiger partial charge in [-0.2, -0.15) is 0 Å². The molecule has 0 saturated heterocycles. The molecule has 0 bridgehead atoms. The lowest BCUT2D eigenvalue weighted by molar-refractivity contribution is 0.531. The predicted molar refractivity (Wildman–Crippen MR) is 51.6 cm³/mol. The fraction of sp³-hybridized carbons (Fsp3) is 0.778. The summed E-state index contributed by atoms with van der Waals surface area (Å²) in [5.41, 5.74) is 1.29. The maximum atomic E-state index is 3.89. The van der Waals surface area contributed by atoms with Gasteiger partial charge >= 0.3 is 0 Å². The molecule has 60 valence electrons. The van der Waals surface area contributed by atoms with Gasteiger partial charge in [0.2, 0.25) is 0 Å². The van der Waals surface area contributed by atoms with E-state index in [1.165, 1.54) is 12.0 Å². The molecule has 10 heavy (non-hydrogen) atoms. The Morgan fingerprint density at radius 2 is 2.00 bits per heavy atom. The molecule has 0 aromatic rings. The SMILES string of the molecule is C=C(C)CC(C)CC(C)Br. The number of rotatable bonds is 4. The van der Waals surface area contributed by atoms with Crippen LogP contribution in [0.15, 0.2) is 12.2 Å². The van der Waals surface area contributed by atoms with E-state index in [-0.39, 0.29) is 0 Å². The second kappa shape index (κ2) is 4.95. The van der Waals surface area contributed by atoms with E-state index in [9.17, 15) is 0 Å². The van der Waals surface area contributed by atoms with Crippen molar-refractivity contribution < 1.29 is 0 Å². The van der Waals surface area contributed by atoms with Gasteiger partial charge < -0.3 is 0 Å². The topological polar surface area (TPSA) is 0 Å². The van der Waals surface area contributed by atoms with E-state index < -0.39 is 0 Å². The molecule has 0 aliphatic heterocycles. The third kappa shape index (κ3) is 6.34. The highest BCUT2D eigenvalue weighted by Gasteiger charge is 2.04. The number of hydrogen-bond donors (Lipinski definition) is 0. The molecular formula is C9H17Br. The van der Waals surface area contributed by atoms with Crippen molar-refractivity contribution in [2.75, 3.05) is 0 Å². The largest absolute Gasteiger partial charge is 0.100 e. The van der Waals surface area contributed by atoms with E-state index in [0.29, 0.717) is 4.83 Å². The lowest BCUT2D eigenvalue weighted by Gasteiger charge is -2.11. The Bertz CT molecular complexity index is 105. The Balaban J connectivity index is 3.43. The molecule has 0 aliphatic rings. The van der Waals surface area contributed by atoms with Crippen LogP contribution in [0.2, 0.25) is 0 Å². The molecule has 0 amide bonds. The zero-order chi connectivity index (χ0) is 8.15. The van der Waals surface area contributed by atoms with E-state index in [1.807, 2.05) is 0 Å². The highest BCUT2D eigenvalue weighted by molar-refractivity contribution is 9.09. The van der Waals surface area contributed by atoms with E-state index >= 15 is 0 Å². The molecule has 0 spiro atoms. The lowest BCUT2D eigenvalue weighted by Crippen LogP contribution is -2.01. The molecule has 0 aromatic heterocycles. The number of alkyl halides is 1. The molecule has 0 nitrogen and oxygen atoms in total. The van der Waals surface area contributed by atoms with E-state index in [0.717, 1.165) is 12.3 Å². The predicted octanol–water partition coefficient (Wildman–Crippen LogP) is 3.76.